The van der Waals surface area contributed by atoms with Gasteiger partial charge >= 0.3 is 12.1 Å². The average molecular weight is 343 g/mol. The summed E-state index contributed by atoms with van der Waals surface area (Å²) in [4.78, 5) is 15.5. The number of ether oxygens (including phenoxy) is 1. The lowest BCUT2D eigenvalue weighted by atomic mass is 9.85. The van der Waals surface area contributed by atoms with E-state index in [-0.39, 0.29) is 28.9 Å². The summed E-state index contributed by atoms with van der Waals surface area (Å²) in [7, 11) is 1.22. The molecule has 21 heavy (non-hydrogen) atoms. The molecular formula is C12H14ClF3N2O2S. The maximum absolute atomic E-state index is 12.8. The summed E-state index contributed by atoms with van der Waals surface area (Å²) in [5, 5.41) is 3.28. The zero-order valence-electron chi connectivity index (χ0n) is 11.2. The van der Waals surface area contributed by atoms with Gasteiger partial charge in [0, 0.05) is 6.04 Å². The zero-order chi connectivity index (χ0) is 15.6. The molecule has 0 saturated heterocycles. The Balaban J connectivity index is 2.03. The van der Waals surface area contributed by atoms with E-state index in [1.54, 1.807) is 0 Å². The molecule has 2 atom stereocenters. The van der Waals surface area contributed by atoms with Crippen molar-refractivity contribution in [2.45, 2.75) is 37.9 Å². The Kier molecular flexibility index (Phi) is 4.98. The molecule has 118 valence electrons. The smallest absolute Gasteiger partial charge is 0.391 e. The first-order chi connectivity index (χ1) is 9.81. The maximum Gasteiger partial charge on any atom is 0.391 e. The SMILES string of the molecule is COC(=O)c1sc(NC2CCCC(C(F)(F)F)C2)nc1Cl. The van der Waals surface area contributed by atoms with Gasteiger partial charge in [-0.3, -0.25) is 0 Å². The highest BCUT2D eigenvalue weighted by atomic mass is 35.5. The molecular weight excluding hydrogens is 329 g/mol. The Hall–Kier alpha value is -1.02. The monoisotopic (exact) mass is 342 g/mol. The van der Waals surface area contributed by atoms with Crippen LogP contribution in [0, 0.1) is 5.92 Å². The molecule has 2 rings (SSSR count). The Bertz CT molecular complexity index is 521. The number of nitrogens with one attached hydrogen (secondary N) is 1. The number of hydrogen-bond donors (Lipinski definition) is 1. The summed E-state index contributed by atoms with van der Waals surface area (Å²) in [5.41, 5.74) is 0. The van der Waals surface area contributed by atoms with Crippen molar-refractivity contribution >= 4 is 34.0 Å². The van der Waals surface area contributed by atoms with E-state index in [4.69, 9.17) is 11.6 Å². The average Bonchev–Trinajstić information content (AvgIpc) is 2.78. The van der Waals surface area contributed by atoms with Gasteiger partial charge < -0.3 is 10.1 Å². The van der Waals surface area contributed by atoms with Crippen LogP contribution in [0.25, 0.3) is 0 Å². The number of alkyl halides is 3. The van der Waals surface area contributed by atoms with Gasteiger partial charge in [-0.15, -0.1) is 0 Å². The minimum absolute atomic E-state index is 0.00229. The second-order valence-corrected chi connectivity index (χ2v) is 6.23. The van der Waals surface area contributed by atoms with Crippen molar-refractivity contribution < 1.29 is 22.7 Å². The molecule has 1 saturated carbocycles. The van der Waals surface area contributed by atoms with Gasteiger partial charge in [0.1, 0.15) is 0 Å². The number of thiazole rings is 1. The van der Waals surface area contributed by atoms with Gasteiger partial charge in [-0.1, -0.05) is 29.4 Å². The summed E-state index contributed by atoms with van der Waals surface area (Å²) < 4.78 is 42.8. The first kappa shape index (κ1) is 16.4. The van der Waals surface area contributed by atoms with Crippen molar-refractivity contribution in [3.05, 3.63) is 10.0 Å². The van der Waals surface area contributed by atoms with E-state index in [0.29, 0.717) is 18.0 Å². The fourth-order valence-electron chi connectivity index (χ4n) is 2.37. The van der Waals surface area contributed by atoms with Crippen LogP contribution in [0.5, 0.6) is 0 Å². The Morgan fingerprint density at radius 1 is 1.48 bits per heavy atom. The third-order valence-electron chi connectivity index (χ3n) is 3.42. The van der Waals surface area contributed by atoms with Crippen molar-refractivity contribution in [2.75, 3.05) is 12.4 Å². The molecule has 0 bridgehead atoms. The molecule has 1 aromatic heterocycles. The molecule has 0 radical (unpaired) electrons. The van der Waals surface area contributed by atoms with Gasteiger partial charge in [-0.05, 0) is 19.3 Å². The summed E-state index contributed by atoms with van der Waals surface area (Å²) in [6, 6.07) is -0.321. The van der Waals surface area contributed by atoms with E-state index in [0.717, 1.165) is 11.3 Å². The molecule has 2 unspecified atom stereocenters. The molecule has 0 amide bonds. The zero-order valence-corrected chi connectivity index (χ0v) is 12.7. The predicted molar refractivity (Wildman–Crippen MR) is 73.9 cm³/mol. The quantitative estimate of drug-likeness (QED) is 0.840. The van der Waals surface area contributed by atoms with E-state index >= 15 is 0 Å². The highest BCUT2D eigenvalue weighted by Gasteiger charge is 2.42. The molecule has 9 heteroatoms. The number of carbonyl (C=O) groups is 1. The first-order valence-corrected chi connectivity index (χ1v) is 7.58. The van der Waals surface area contributed by atoms with Crippen molar-refractivity contribution in [1.29, 1.82) is 0 Å². The summed E-state index contributed by atoms with van der Waals surface area (Å²) in [6.45, 7) is 0. The van der Waals surface area contributed by atoms with Crippen molar-refractivity contribution in [2.24, 2.45) is 5.92 Å². The fraction of sp³-hybridized carbons (Fsp3) is 0.667. The lowest BCUT2D eigenvalue weighted by molar-refractivity contribution is -0.182. The number of anilines is 1. The number of hydrogen-bond acceptors (Lipinski definition) is 5. The van der Waals surface area contributed by atoms with E-state index in [1.165, 1.54) is 7.11 Å². The largest absolute Gasteiger partial charge is 0.465 e. The number of halogens is 4. The van der Waals surface area contributed by atoms with Crippen LogP contribution in [0.2, 0.25) is 5.15 Å². The standard InChI is InChI=1S/C12H14ClF3N2O2S/c1-20-10(19)8-9(13)18-11(21-8)17-7-4-2-3-6(5-7)12(14,15)16/h6-7H,2-5H2,1H3,(H,17,18). The van der Waals surface area contributed by atoms with Crippen molar-refractivity contribution in [3.8, 4) is 0 Å². The minimum Gasteiger partial charge on any atom is -0.465 e. The van der Waals surface area contributed by atoms with Crippen LogP contribution >= 0.6 is 22.9 Å². The van der Waals surface area contributed by atoms with Crippen LogP contribution in [-0.2, 0) is 4.74 Å². The van der Waals surface area contributed by atoms with E-state index in [2.05, 4.69) is 15.0 Å². The van der Waals surface area contributed by atoms with E-state index in [1.807, 2.05) is 0 Å². The molecule has 4 nitrogen and oxygen atoms in total. The van der Waals surface area contributed by atoms with Crippen LogP contribution in [0.1, 0.15) is 35.4 Å². The second-order valence-electron chi connectivity index (χ2n) is 4.88. The lowest BCUT2D eigenvalue weighted by Crippen LogP contribution is -2.34. The topological polar surface area (TPSA) is 51.2 Å². The Labute approximate surface area is 128 Å². The highest BCUT2D eigenvalue weighted by molar-refractivity contribution is 7.18. The number of nitrogens with zero attached hydrogens (tertiary/aromatic N) is 1. The van der Waals surface area contributed by atoms with E-state index in [9.17, 15) is 18.0 Å². The third kappa shape index (κ3) is 4.00. The minimum atomic E-state index is -4.17. The summed E-state index contributed by atoms with van der Waals surface area (Å²) in [6.07, 6.45) is -2.86. The van der Waals surface area contributed by atoms with Gasteiger partial charge in [0.15, 0.2) is 15.2 Å². The number of methoxy groups -OCH3 is 1. The van der Waals surface area contributed by atoms with Crippen LogP contribution in [0.4, 0.5) is 18.3 Å². The van der Waals surface area contributed by atoms with Gasteiger partial charge in [0.2, 0.25) is 0 Å². The fourth-order valence-corrected chi connectivity index (χ4v) is 3.55. The van der Waals surface area contributed by atoms with Gasteiger partial charge in [0.05, 0.1) is 13.0 Å². The molecule has 1 aromatic rings. The Morgan fingerprint density at radius 2 is 2.19 bits per heavy atom. The van der Waals surface area contributed by atoms with Gasteiger partial charge in [-0.2, -0.15) is 13.2 Å². The first-order valence-electron chi connectivity index (χ1n) is 6.39. The molecule has 1 heterocycles. The molecule has 0 aromatic carbocycles. The van der Waals surface area contributed by atoms with Crippen molar-refractivity contribution in [3.63, 3.8) is 0 Å². The number of aromatic nitrogens is 1. The second kappa shape index (κ2) is 6.39. The van der Waals surface area contributed by atoms with Crippen molar-refractivity contribution in [1.82, 2.24) is 4.98 Å². The lowest BCUT2D eigenvalue weighted by Gasteiger charge is -2.30. The number of rotatable bonds is 3. The molecule has 0 spiro atoms. The molecule has 0 aliphatic heterocycles. The van der Waals surface area contributed by atoms with Crippen LogP contribution < -0.4 is 5.32 Å². The molecule has 1 fully saturated rings. The van der Waals surface area contributed by atoms with Crippen LogP contribution in [-0.4, -0.2) is 30.3 Å². The number of esters is 1. The van der Waals surface area contributed by atoms with Crippen LogP contribution in [0.3, 0.4) is 0 Å². The molecule has 1 N–H and O–H groups in total. The molecule has 1 aliphatic carbocycles. The predicted octanol–water partition coefficient (Wildman–Crippen LogP) is 4.12. The van der Waals surface area contributed by atoms with Crippen LogP contribution in [0.15, 0.2) is 0 Å². The summed E-state index contributed by atoms with van der Waals surface area (Å²) >= 11 is 6.80. The number of carbonyl (C=O) groups excluding carboxylic acids is 1. The molecule has 1 aliphatic rings. The third-order valence-corrected chi connectivity index (χ3v) is 4.77. The normalized spacial score (nSPS) is 22.9. The van der Waals surface area contributed by atoms with Gasteiger partial charge in [0.25, 0.3) is 0 Å². The highest BCUT2D eigenvalue weighted by Crippen LogP contribution is 2.39. The maximum atomic E-state index is 12.8. The van der Waals surface area contributed by atoms with E-state index < -0.39 is 18.1 Å². The Morgan fingerprint density at radius 3 is 2.81 bits per heavy atom. The summed E-state index contributed by atoms with van der Waals surface area (Å²) in [5.74, 6) is -1.90. The van der Waals surface area contributed by atoms with Gasteiger partial charge in [-0.25, -0.2) is 9.78 Å².